The molecular formula is C15H17FN2O. The predicted molar refractivity (Wildman–Crippen MR) is 69.2 cm³/mol. The molecule has 3 rings (SSSR count). The Bertz CT molecular complexity index is 519. The first-order valence-corrected chi connectivity index (χ1v) is 6.86. The summed E-state index contributed by atoms with van der Waals surface area (Å²) in [4.78, 5) is 2.19. The molecule has 1 fully saturated rings. The molecule has 0 radical (unpaired) electrons. The van der Waals surface area contributed by atoms with E-state index in [1.165, 1.54) is 6.07 Å². The molecule has 0 spiro atoms. The third-order valence-corrected chi connectivity index (χ3v) is 4.17. The maximum Gasteiger partial charge on any atom is 0.165 e. The van der Waals surface area contributed by atoms with Crippen molar-refractivity contribution >= 4 is 0 Å². The maximum atomic E-state index is 14.0. The minimum Gasteiger partial charge on any atom is -0.490 e. The molecular weight excluding hydrogens is 243 g/mol. The third kappa shape index (κ3) is 1.89. The number of halogens is 1. The van der Waals surface area contributed by atoms with Crippen molar-refractivity contribution in [1.82, 2.24) is 4.90 Å². The average molecular weight is 260 g/mol. The largest absolute Gasteiger partial charge is 0.490 e. The predicted octanol–water partition coefficient (Wildman–Crippen LogP) is 2.81. The number of nitrogens with zero attached hydrogens (tertiary/aromatic N) is 2. The fraction of sp³-hybridized carbons (Fsp3) is 0.533. The van der Waals surface area contributed by atoms with E-state index in [0.29, 0.717) is 18.6 Å². The van der Waals surface area contributed by atoms with Crippen LogP contribution in [0, 0.1) is 17.1 Å². The highest BCUT2D eigenvalue weighted by atomic mass is 19.1. The summed E-state index contributed by atoms with van der Waals surface area (Å²) < 4.78 is 19.5. The van der Waals surface area contributed by atoms with Crippen LogP contribution in [0.1, 0.15) is 31.2 Å². The first-order valence-electron chi connectivity index (χ1n) is 6.86. The van der Waals surface area contributed by atoms with Gasteiger partial charge in [0, 0.05) is 18.7 Å². The van der Waals surface area contributed by atoms with Gasteiger partial charge in [0.15, 0.2) is 11.6 Å². The van der Waals surface area contributed by atoms with Crippen LogP contribution in [-0.4, -0.2) is 24.6 Å². The average Bonchev–Trinajstić information content (AvgIpc) is 2.89. The van der Waals surface area contributed by atoms with Crippen LogP contribution in [0.3, 0.4) is 0 Å². The van der Waals surface area contributed by atoms with Crippen LogP contribution in [0.5, 0.6) is 5.75 Å². The summed E-state index contributed by atoms with van der Waals surface area (Å²) >= 11 is 0. The number of hydrogen-bond acceptors (Lipinski definition) is 3. The second-order valence-electron chi connectivity index (χ2n) is 5.23. The number of fused-ring (bicyclic) bond motifs is 1. The molecule has 0 amide bonds. The summed E-state index contributed by atoms with van der Waals surface area (Å²) in [5, 5.41) is 9.79. The van der Waals surface area contributed by atoms with Gasteiger partial charge in [0.1, 0.15) is 5.54 Å². The van der Waals surface area contributed by atoms with E-state index in [1.807, 2.05) is 6.07 Å². The number of ether oxygens (including phenoxy) is 1. The zero-order valence-corrected chi connectivity index (χ0v) is 10.9. The van der Waals surface area contributed by atoms with Crippen LogP contribution in [0.15, 0.2) is 18.2 Å². The topological polar surface area (TPSA) is 36.3 Å². The Kier molecular flexibility index (Phi) is 3.16. The molecule has 1 saturated heterocycles. The maximum absolute atomic E-state index is 14.0. The van der Waals surface area contributed by atoms with E-state index < -0.39 is 5.54 Å². The number of benzene rings is 1. The Labute approximate surface area is 112 Å². The van der Waals surface area contributed by atoms with Gasteiger partial charge in [-0.2, -0.15) is 5.26 Å². The first-order chi connectivity index (χ1) is 9.28. The van der Waals surface area contributed by atoms with Crippen molar-refractivity contribution in [3.63, 3.8) is 0 Å². The van der Waals surface area contributed by atoms with Crippen molar-refractivity contribution < 1.29 is 9.13 Å². The molecule has 1 aromatic rings. The van der Waals surface area contributed by atoms with Gasteiger partial charge in [0.05, 0.1) is 12.7 Å². The van der Waals surface area contributed by atoms with Crippen molar-refractivity contribution in [3.8, 4) is 11.8 Å². The second-order valence-corrected chi connectivity index (χ2v) is 5.23. The van der Waals surface area contributed by atoms with Crippen LogP contribution < -0.4 is 4.74 Å². The van der Waals surface area contributed by atoms with Crippen molar-refractivity contribution in [2.45, 2.75) is 31.2 Å². The van der Waals surface area contributed by atoms with Gasteiger partial charge >= 0.3 is 0 Å². The monoisotopic (exact) mass is 260 g/mol. The summed E-state index contributed by atoms with van der Waals surface area (Å²) in [5.74, 6) is -0.0910. The van der Waals surface area contributed by atoms with E-state index in [-0.39, 0.29) is 11.6 Å². The minimum absolute atomic E-state index is 0.272. The molecule has 100 valence electrons. The number of para-hydroxylation sites is 1. The quantitative estimate of drug-likeness (QED) is 0.779. The van der Waals surface area contributed by atoms with Gasteiger partial charge in [-0.3, -0.25) is 4.90 Å². The lowest BCUT2D eigenvalue weighted by Gasteiger charge is -2.35. The van der Waals surface area contributed by atoms with E-state index in [2.05, 4.69) is 11.0 Å². The summed E-state index contributed by atoms with van der Waals surface area (Å²) in [5.41, 5.74) is -0.0147. The van der Waals surface area contributed by atoms with Gasteiger partial charge in [-0.1, -0.05) is 12.1 Å². The Hall–Kier alpha value is -1.60. The zero-order chi connectivity index (χ0) is 13.3. The second kappa shape index (κ2) is 4.82. The van der Waals surface area contributed by atoms with Crippen LogP contribution in [0.2, 0.25) is 0 Å². The fourth-order valence-electron chi connectivity index (χ4n) is 3.23. The third-order valence-electron chi connectivity index (χ3n) is 4.17. The van der Waals surface area contributed by atoms with Gasteiger partial charge in [-0.15, -0.1) is 0 Å². The van der Waals surface area contributed by atoms with Crippen LogP contribution in [-0.2, 0) is 5.54 Å². The molecule has 1 unspecified atom stereocenters. The zero-order valence-electron chi connectivity index (χ0n) is 10.9. The summed E-state index contributed by atoms with van der Waals surface area (Å²) in [6.07, 6.45) is 3.70. The Morgan fingerprint density at radius 3 is 2.79 bits per heavy atom. The Balaban J connectivity index is 2.15. The lowest BCUT2D eigenvalue weighted by molar-refractivity contribution is 0.162. The summed E-state index contributed by atoms with van der Waals surface area (Å²) in [6.45, 7) is 2.29. The number of nitriles is 1. The molecule has 0 N–H and O–H groups in total. The SMILES string of the molecule is N#CC1(N2CCCC2)CCCOc2c(F)cccc21. The molecule has 2 heterocycles. The number of rotatable bonds is 1. The van der Waals surface area contributed by atoms with Crippen LogP contribution >= 0.6 is 0 Å². The van der Waals surface area contributed by atoms with Crippen molar-refractivity contribution in [2.24, 2.45) is 0 Å². The van der Waals surface area contributed by atoms with Gasteiger partial charge in [-0.25, -0.2) is 4.39 Å². The summed E-state index contributed by atoms with van der Waals surface area (Å²) in [7, 11) is 0. The Morgan fingerprint density at radius 1 is 1.26 bits per heavy atom. The molecule has 0 aliphatic carbocycles. The molecule has 2 aliphatic rings. The van der Waals surface area contributed by atoms with E-state index >= 15 is 0 Å². The van der Waals surface area contributed by atoms with E-state index in [1.54, 1.807) is 6.07 Å². The fourth-order valence-corrected chi connectivity index (χ4v) is 3.23. The summed E-state index contributed by atoms with van der Waals surface area (Å²) in [6, 6.07) is 7.37. The van der Waals surface area contributed by atoms with Gasteiger partial charge in [0.2, 0.25) is 0 Å². The normalized spacial score (nSPS) is 27.2. The first kappa shape index (κ1) is 12.4. The molecule has 4 heteroatoms. The van der Waals surface area contributed by atoms with Crippen LogP contribution in [0.4, 0.5) is 4.39 Å². The molecule has 0 aromatic heterocycles. The Morgan fingerprint density at radius 2 is 2.05 bits per heavy atom. The van der Waals surface area contributed by atoms with E-state index in [0.717, 1.165) is 32.4 Å². The van der Waals surface area contributed by atoms with Crippen molar-refractivity contribution in [3.05, 3.63) is 29.6 Å². The highest BCUT2D eigenvalue weighted by Gasteiger charge is 2.43. The highest BCUT2D eigenvalue weighted by Crippen LogP contribution is 2.43. The minimum atomic E-state index is -0.718. The molecule has 2 aliphatic heterocycles. The smallest absolute Gasteiger partial charge is 0.165 e. The van der Waals surface area contributed by atoms with E-state index in [4.69, 9.17) is 4.74 Å². The van der Waals surface area contributed by atoms with Crippen molar-refractivity contribution in [2.75, 3.05) is 19.7 Å². The highest BCUT2D eigenvalue weighted by molar-refractivity contribution is 5.45. The van der Waals surface area contributed by atoms with Crippen molar-refractivity contribution in [1.29, 1.82) is 5.26 Å². The number of hydrogen-bond donors (Lipinski definition) is 0. The van der Waals surface area contributed by atoms with Gasteiger partial charge in [0.25, 0.3) is 0 Å². The molecule has 1 aromatic carbocycles. The standard InChI is InChI=1S/C15H17FN2O/c16-13-6-3-5-12-14(13)19-10-4-7-15(12,11-17)18-8-1-2-9-18/h3,5-6H,1-2,4,7-10H2. The number of likely N-dealkylation sites (tertiary alicyclic amines) is 1. The molecule has 0 bridgehead atoms. The molecule has 1 atom stereocenters. The van der Waals surface area contributed by atoms with E-state index in [9.17, 15) is 9.65 Å². The van der Waals surface area contributed by atoms with Gasteiger partial charge < -0.3 is 4.74 Å². The molecule has 19 heavy (non-hydrogen) atoms. The lowest BCUT2D eigenvalue weighted by Crippen LogP contribution is -2.43. The van der Waals surface area contributed by atoms with Crippen LogP contribution in [0.25, 0.3) is 0 Å². The molecule has 0 saturated carbocycles. The lowest BCUT2D eigenvalue weighted by atomic mass is 9.85. The van der Waals surface area contributed by atoms with Gasteiger partial charge in [-0.05, 0) is 31.7 Å². The molecule has 3 nitrogen and oxygen atoms in total.